The van der Waals surface area contributed by atoms with Crippen molar-refractivity contribution in [2.45, 2.75) is 35.8 Å². The predicted octanol–water partition coefficient (Wildman–Crippen LogP) is 3.53. The number of oxime groups is 1. The van der Waals surface area contributed by atoms with Crippen LogP contribution in [-0.2, 0) is 25.6 Å². The minimum atomic E-state index is -0.411. The zero-order valence-electron chi connectivity index (χ0n) is 16.1. The van der Waals surface area contributed by atoms with Gasteiger partial charge in [-0.1, -0.05) is 17.3 Å². The number of aldehydes is 1. The Kier molecular flexibility index (Phi) is 8.21. The van der Waals surface area contributed by atoms with Crippen molar-refractivity contribution in [3.05, 3.63) is 40.9 Å². The van der Waals surface area contributed by atoms with Gasteiger partial charge in [-0.2, -0.15) is 0 Å². The summed E-state index contributed by atoms with van der Waals surface area (Å²) < 4.78 is 4.99. The molecule has 0 bridgehead atoms. The van der Waals surface area contributed by atoms with E-state index in [-0.39, 0.29) is 12.1 Å². The number of anilines is 1. The van der Waals surface area contributed by atoms with Gasteiger partial charge in [0.05, 0.1) is 0 Å². The number of thiazole rings is 1. The van der Waals surface area contributed by atoms with Gasteiger partial charge in [-0.25, -0.2) is 4.98 Å². The normalized spacial score (nSPS) is 13.9. The maximum atomic E-state index is 12.8. The largest absolute Gasteiger partial charge is 0.395 e. The van der Waals surface area contributed by atoms with Crippen LogP contribution >= 0.6 is 23.1 Å². The summed E-state index contributed by atoms with van der Waals surface area (Å²) in [6, 6.07) is 7.75. The average molecular weight is 434 g/mol. The Bertz CT molecular complexity index is 848. The molecule has 7 nitrogen and oxygen atoms in total. The molecule has 29 heavy (non-hydrogen) atoms. The van der Waals surface area contributed by atoms with Crippen LogP contribution in [0.15, 0.2) is 40.5 Å². The number of aromatic nitrogens is 1. The number of amides is 1. The lowest BCUT2D eigenvalue weighted by Gasteiger charge is -2.08. The van der Waals surface area contributed by atoms with Crippen molar-refractivity contribution in [3.63, 3.8) is 0 Å². The Morgan fingerprint density at radius 2 is 2.14 bits per heavy atom. The first-order valence-corrected chi connectivity index (χ1v) is 11.0. The van der Waals surface area contributed by atoms with Gasteiger partial charge in [0.2, 0.25) is 0 Å². The van der Waals surface area contributed by atoms with Crippen LogP contribution in [0.25, 0.3) is 0 Å². The summed E-state index contributed by atoms with van der Waals surface area (Å²) in [6.07, 6.45) is 5.86. The van der Waals surface area contributed by atoms with Crippen LogP contribution < -0.4 is 5.32 Å². The van der Waals surface area contributed by atoms with E-state index in [0.29, 0.717) is 35.6 Å². The van der Waals surface area contributed by atoms with Crippen molar-refractivity contribution >= 4 is 46.1 Å². The molecule has 1 heterocycles. The molecule has 0 unspecified atom stereocenters. The van der Waals surface area contributed by atoms with Crippen molar-refractivity contribution in [2.75, 3.05) is 25.6 Å². The molecule has 0 spiro atoms. The van der Waals surface area contributed by atoms with Crippen LogP contribution in [0, 0.1) is 0 Å². The SMILES string of the molecule is COCCCO/N=C(/C(=O)Nc1ncc(CC=O)s1)c1ccc(SC2CC2)cc1. The van der Waals surface area contributed by atoms with Crippen molar-refractivity contribution in [2.24, 2.45) is 5.16 Å². The number of benzene rings is 1. The van der Waals surface area contributed by atoms with Crippen LogP contribution in [0.4, 0.5) is 5.13 Å². The van der Waals surface area contributed by atoms with E-state index >= 15 is 0 Å². The molecule has 0 radical (unpaired) electrons. The number of rotatable bonds is 12. The van der Waals surface area contributed by atoms with Crippen LogP contribution in [-0.4, -0.2) is 48.5 Å². The number of carbonyl (C=O) groups is 2. The van der Waals surface area contributed by atoms with Gasteiger partial charge >= 0.3 is 0 Å². The van der Waals surface area contributed by atoms with E-state index in [1.807, 2.05) is 36.0 Å². The molecule has 1 aromatic carbocycles. The number of hydrogen-bond acceptors (Lipinski definition) is 8. The fraction of sp³-hybridized carbons (Fsp3) is 0.400. The lowest BCUT2D eigenvalue weighted by atomic mass is 10.1. The molecule has 1 aromatic heterocycles. The Morgan fingerprint density at radius 3 is 2.83 bits per heavy atom. The van der Waals surface area contributed by atoms with Crippen LogP contribution in [0.1, 0.15) is 29.7 Å². The third kappa shape index (κ3) is 6.95. The van der Waals surface area contributed by atoms with E-state index in [0.717, 1.165) is 11.2 Å². The van der Waals surface area contributed by atoms with Gasteiger partial charge in [-0.15, -0.1) is 23.1 Å². The van der Waals surface area contributed by atoms with Gasteiger partial charge in [0.15, 0.2) is 10.8 Å². The predicted molar refractivity (Wildman–Crippen MR) is 115 cm³/mol. The Hall–Kier alpha value is -2.23. The topological polar surface area (TPSA) is 89.9 Å². The molecule has 154 valence electrons. The molecule has 0 atom stereocenters. The standard InChI is InChI=1S/C20H23N3O4S2/c1-26-11-2-12-27-23-18(14-3-5-15(6-4-14)28-16-7-8-16)19(25)22-20-21-13-17(29-20)9-10-24/h3-6,10,13,16H,2,7-9,11-12H2,1H3,(H,21,22,25)/b23-18+. The number of thioether (sulfide) groups is 1. The fourth-order valence-electron chi connectivity index (χ4n) is 2.37. The fourth-order valence-corrected chi connectivity index (χ4v) is 4.18. The first-order valence-electron chi connectivity index (χ1n) is 9.35. The second-order valence-corrected chi connectivity index (χ2v) is 8.91. The number of hydrogen-bond donors (Lipinski definition) is 1. The van der Waals surface area contributed by atoms with E-state index in [1.165, 1.54) is 29.1 Å². The Morgan fingerprint density at radius 1 is 1.34 bits per heavy atom. The number of nitrogens with one attached hydrogen (secondary N) is 1. The molecule has 0 aliphatic heterocycles. The second-order valence-electron chi connectivity index (χ2n) is 6.42. The molecule has 1 fully saturated rings. The third-order valence-electron chi connectivity index (χ3n) is 3.97. The van der Waals surface area contributed by atoms with Crippen molar-refractivity contribution < 1.29 is 19.2 Å². The highest BCUT2D eigenvalue weighted by Crippen LogP contribution is 2.39. The lowest BCUT2D eigenvalue weighted by molar-refractivity contribution is -0.110. The highest BCUT2D eigenvalue weighted by molar-refractivity contribution is 8.00. The van der Waals surface area contributed by atoms with Gasteiger partial charge < -0.3 is 14.4 Å². The smallest absolute Gasteiger partial charge is 0.280 e. The molecule has 1 N–H and O–H groups in total. The van der Waals surface area contributed by atoms with Gasteiger partial charge in [0.1, 0.15) is 12.9 Å². The van der Waals surface area contributed by atoms with Gasteiger partial charge in [-0.3, -0.25) is 10.1 Å². The molecular formula is C20H23N3O4S2. The zero-order chi connectivity index (χ0) is 20.5. The van der Waals surface area contributed by atoms with Crippen molar-refractivity contribution in [1.82, 2.24) is 4.98 Å². The second kappa shape index (κ2) is 11.1. The first kappa shape index (κ1) is 21.5. The molecule has 2 aromatic rings. The number of nitrogens with zero attached hydrogens (tertiary/aromatic N) is 2. The first-order chi connectivity index (χ1) is 14.2. The summed E-state index contributed by atoms with van der Waals surface area (Å²) in [5.74, 6) is -0.411. The third-order valence-corrected chi connectivity index (χ3v) is 6.25. The molecule has 1 aliphatic carbocycles. The van der Waals surface area contributed by atoms with E-state index in [2.05, 4.69) is 15.5 Å². The molecule has 1 aliphatic rings. The van der Waals surface area contributed by atoms with Gasteiger partial charge in [0.25, 0.3) is 5.91 Å². The van der Waals surface area contributed by atoms with Crippen LogP contribution in [0.2, 0.25) is 0 Å². The average Bonchev–Trinajstić information content (AvgIpc) is 3.43. The quantitative estimate of drug-likeness (QED) is 0.238. The maximum absolute atomic E-state index is 12.8. The van der Waals surface area contributed by atoms with E-state index in [9.17, 15) is 9.59 Å². The Labute approximate surface area is 177 Å². The Balaban J connectivity index is 1.70. The van der Waals surface area contributed by atoms with Crippen molar-refractivity contribution in [1.29, 1.82) is 0 Å². The summed E-state index contributed by atoms with van der Waals surface area (Å²) >= 11 is 3.11. The number of methoxy groups -OCH3 is 1. The molecular weight excluding hydrogens is 410 g/mol. The van der Waals surface area contributed by atoms with Crippen LogP contribution in [0.3, 0.4) is 0 Å². The zero-order valence-corrected chi connectivity index (χ0v) is 17.8. The minimum absolute atomic E-state index is 0.178. The number of carbonyl (C=O) groups excluding carboxylic acids is 2. The van der Waals surface area contributed by atoms with E-state index in [4.69, 9.17) is 9.57 Å². The summed E-state index contributed by atoms with van der Waals surface area (Å²) in [4.78, 5) is 34.9. The summed E-state index contributed by atoms with van der Waals surface area (Å²) in [6.45, 7) is 0.906. The molecule has 3 rings (SSSR count). The molecule has 9 heteroatoms. The van der Waals surface area contributed by atoms with E-state index in [1.54, 1.807) is 13.3 Å². The summed E-state index contributed by atoms with van der Waals surface area (Å²) in [5, 5.41) is 7.94. The summed E-state index contributed by atoms with van der Waals surface area (Å²) in [5.41, 5.74) is 0.844. The van der Waals surface area contributed by atoms with E-state index < -0.39 is 5.91 Å². The van der Waals surface area contributed by atoms with Gasteiger partial charge in [0, 0.05) is 53.3 Å². The minimum Gasteiger partial charge on any atom is -0.395 e. The molecule has 1 saturated carbocycles. The number of ether oxygens (including phenoxy) is 1. The highest BCUT2D eigenvalue weighted by Gasteiger charge is 2.23. The van der Waals surface area contributed by atoms with Gasteiger partial charge in [-0.05, 0) is 25.0 Å². The van der Waals surface area contributed by atoms with Crippen LogP contribution in [0.5, 0.6) is 0 Å². The lowest BCUT2D eigenvalue weighted by Crippen LogP contribution is -2.24. The summed E-state index contributed by atoms with van der Waals surface area (Å²) in [7, 11) is 1.62. The molecule has 1 amide bonds. The highest BCUT2D eigenvalue weighted by atomic mass is 32.2. The maximum Gasteiger partial charge on any atom is 0.280 e. The monoisotopic (exact) mass is 433 g/mol. The molecule has 0 saturated heterocycles. The van der Waals surface area contributed by atoms with Crippen molar-refractivity contribution in [3.8, 4) is 0 Å².